The van der Waals surface area contributed by atoms with Crippen LogP contribution in [-0.4, -0.2) is 42.0 Å². The monoisotopic (exact) mass is 303 g/mol. The number of rotatable bonds is 9. The van der Waals surface area contributed by atoms with Gasteiger partial charge in [0, 0.05) is 13.2 Å². The van der Waals surface area contributed by atoms with Gasteiger partial charge in [-0.05, 0) is 18.4 Å². The van der Waals surface area contributed by atoms with Crippen LogP contribution in [0.4, 0.5) is 0 Å². The summed E-state index contributed by atoms with van der Waals surface area (Å²) in [6.07, 6.45) is -0.579. The molecule has 19 heavy (non-hydrogen) atoms. The molecule has 1 aromatic heterocycles. The Kier molecular flexibility index (Phi) is 7.54. The number of hydrogen-bond acceptors (Lipinski definition) is 5. The van der Waals surface area contributed by atoms with Crippen LogP contribution in [0.15, 0.2) is 21.7 Å². The maximum absolute atomic E-state index is 11.6. The van der Waals surface area contributed by atoms with Crippen LogP contribution in [0.25, 0.3) is 0 Å². The molecular weight excluding hydrogens is 286 g/mol. The molecule has 5 nitrogen and oxygen atoms in total. The van der Waals surface area contributed by atoms with Crippen LogP contribution >= 0.6 is 23.1 Å². The summed E-state index contributed by atoms with van der Waals surface area (Å²) < 4.78 is 6.34. The molecule has 0 aliphatic carbocycles. The summed E-state index contributed by atoms with van der Waals surface area (Å²) in [5.74, 6) is -0.721. The average molecular weight is 303 g/mol. The number of thioether (sulfide) groups is 1. The van der Waals surface area contributed by atoms with Crippen molar-refractivity contribution < 1.29 is 19.4 Å². The highest BCUT2D eigenvalue weighted by Crippen LogP contribution is 2.22. The highest BCUT2D eigenvalue weighted by atomic mass is 32.2. The van der Waals surface area contributed by atoms with Gasteiger partial charge in [0.2, 0.25) is 5.91 Å². The highest BCUT2D eigenvalue weighted by Gasteiger charge is 2.14. The van der Waals surface area contributed by atoms with Crippen molar-refractivity contribution in [3.63, 3.8) is 0 Å². The predicted octanol–water partition coefficient (Wildman–Crippen LogP) is 1.84. The fourth-order valence-corrected chi connectivity index (χ4v) is 3.00. The number of aliphatic carboxylic acids is 1. The van der Waals surface area contributed by atoms with Crippen LogP contribution in [0.3, 0.4) is 0 Å². The molecule has 0 aromatic carbocycles. The van der Waals surface area contributed by atoms with Crippen molar-refractivity contribution in [3.8, 4) is 0 Å². The molecule has 0 saturated heterocycles. The van der Waals surface area contributed by atoms with Crippen LogP contribution < -0.4 is 5.32 Å². The van der Waals surface area contributed by atoms with Gasteiger partial charge in [0.25, 0.3) is 0 Å². The van der Waals surface area contributed by atoms with Gasteiger partial charge in [-0.2, -0.15) is 0 Å². The summed E-state index contributed by atoms with van der Waals surface area (Å²) in [4.78, 5) is 22.2. The fraction of sp³-hybridized carbons (Fsp3) is 0.500. The van der Waals surface area contributed by atoms with Gasteiger partial charge in [0.05, 0.1) is 22.5 Å². The largest absolute Gasteiger partial charge is 0.481 e. The fourth-order valence-electron chi connectivity index (χ4n) is 1.38. The molecule has 0 saturated carbocycles. The van der Waals surface area contributed by atoms with E-state index in [0.29, 0.717) is 12.4 Å². The first-order chi connectivity index (χ1) is 9.11. The lowest BCUT2D eigenvalue weighted by molar-refractivity contribution is -0.140. The van der Waals surface area contributed by atoms with E-state index in [-0.39, 0.29) is 18.9 Å². The Labute approximate surface area is 120 Å². The SMILES string of the molecule is CCOC(CNC(=O)CSc1cccs1)CC(=O)O. The Morgan fingerprint density at radius 3 is 2.95 bits per heavy atom. The molecule has 7 heteroatoms. The first kappa shape index (κ1) is 16.0. The lowest BCUT2D eigenvalue weighted by atomic mass is 10.2. The normalized spacial score (nSPS) is 12.1. The van der Waals surface area contributed by atoms with E-state index in [9.17, 15) is 9.59 Å². The molecule has 2 N–H and O–H groups in total. The Balaban J connectivity index is 2.24. The Bertz CT molecular complexity index is 394. The number of amides is 1. The summed E-state index contributed by atoms with van der Waals surface area (Å²) in [5, 5.41) is 13.4. The van der Waals surface area contributed by atoms with Gasteiger partial charge >= 0.3 is 5.97 Å². The second-order valence-corrected chi connectivity index (χ2v) is 5.92. The van der Waals surface area contributed by atoms with E-state index < -0.39 is 12.1 Å². The van der Waals surface area contributed by atoms with Crippen LogP contribution in [-0.2, 0) is 14.3 Å². The minimum Gasteiger partial charge on any atom is -0.481 e. The second kappa shape index (κ2) is 8.95. The van der Waals surface area contributed by atoms with E-state index >= 15 is 0 Å². The highest BCUT2D eigenvalue weighted by molar-refractivity contribution is 8.01. The Morgan fingerprint density at radius 1 is 1.58 bits per heavy atom. The summed E-state index contributed by atoms with van der Waals surface area (Å²) in [6.45, 7) is 2.45. The van der Waals surface area contributed by atoms with Gasteiger partial charge in [-0.3, -0.25) is 9.59 Å². The molecule has 0 fully saturated rings. The molecule has 1 rings (SSSR count). The van der Waals surface area contributed by atoms with Gasteiger partial charge in [0.1, 0.15) is 0 Å². The van der Waals surface area contributed by atoms with Crippen LogP contribution in [0.1, 0.15) is 13.3 Å². The van der Waals surface area contributed by atoms with Crippen molar-refractivity contribution in [1.82, 2.24) is 5.32 Å². The van der Waals surface area contributed by atoms with Crippen molar-refractivity contribution in [2.45, 2.75) is 23.7 Å². The maximum Gasteiger partial charge on any atom is 0.306 e. The first-order valence-electron chi connectivity index (χ1n) is 5.88. The molecule has 1 aromatic rings. The van der Waals surface area contributed by atoms with Gasteiger partial charge < -0.3 is 15.2 Å². The van der Waals surface area contributed by atoms with E-state index in [1.165, 1.54) is 11.8 Å². The zero-order chi connectivity index (χ0) is 14.1. The van der Waals surface area contributed by atoms with E-state index in [1.54, 1.807) is 18.3 Å². The summed E-state index contributed by atoms with van der Waals surface area (Å²) in [6, 6.07) is 3.89. The van der Waals surface area contributed by atoms with E-state index in [0.717, 1.165) is 4.21 Å². The van der Waals surface area contributed by atoms with E-state index in [4.69, 9.17) is 9.84 Å². The zero-order valence-electron chi connectivity index (χ0n) is 10.6. The molecule has 0 bridgehead atoms. The van der Waals surface area contributed by atoms with Crippen molar-refractivity contribution in [2.24, 2.45) is 0 Å². The quantitative estimate of drug-likeness (QED) is 0.681. The van der Waals surface area contributed by atoms with E-state index in [1.807, 2.05) is 17.5 Å². The van der Waals surface area contributed by atoms with Crippen molar-refractivity contribution in [1.29, 1.82) is 0 Å². The molecule has 0 aliphatic heterocycles. The number of carboxylic acid groups (broad SMARTS) is 1. The average Bonchev–Trinajstić information content (AvgIpc) is 2.86. The first-order valence-corrected chi connectivity index (χ1v) is 7.74. The molecule has 1 amide bonds. The molecule has 1 unspecified atom stereocenters. The number of nitrogens with one attached hydrogen (secondary N) is 1. The summed E-state index contributed by atoms with van der Waals surface area (Å²) >= 11 is 3.05. The third kappa shape index (κ3) is 7.19. The van der Waals surface area contributed by atoms with Crippen molar-refractivity contribution in [3.05, 3.63) is 17.5 Å². The molecule has 1 atom stereocenters. The summed E-state index contributed by atoms with van der Waals surface area (Å²) in [5.41, 5.74) is 0. The minimum absolute atomic E-state index is 0.105. The smallest absolute Gasteiger partial charge is 0.306 e. The lowest BCUT2D eigenvalue weighted by Gasteiger charge is -2.15. The Hall–Kier alpha value is -1.05. The third-order valence-electron chi connectivity index (χ3n) is 2.17. The number of ether oxygens (including phenoxy) is 1. The molecule has 106 valence electrons. The van der Waals surface area contributed by atoms with Gasteiger partial charge in [-0.15, -0.1) is 23.1 Å². The van der Waals surface area contributed by atoms with Gasteiger partial charge in [-0.1, -0.05) is 6.07 Å². The standard InChI is InChI=1S/C12H17NO4S2/c1-2-17-9(6-11(15)16)7-13-10(14)8-19-12-4-3-5-18-12/h3-5,9H,2,6-8H2,1H3,(H,13,14)(H,15,16). The van der Waals surface area contributed by atoms with Gasteiger partial charge in [-0.25, -0.2) is 0 Å². The molecule has 0 aliphatic rings. The Morgan fingerprint density at radius 2 is 2.37 bits per heavy atom. The molecule has 0 spiro atoms. The van der Waals surface area contributed by atoms with Crippen LogP contribution in [0.2, 0.25) is 0 Å². The molecule has 1 heterocycles. The maximum atomic E-state index is 11.6. The number of carbonyl (C=O) groups excluding carboxylic acids is 1. The predicted molar refractivity (Wildman–Crippen MR) is 75.7 cm³/mol. The van der Waals surface area contributed by atoms with Crippen LogP contribution in [0, 0.1) is 0 Å². The number of hydrogen-bond donors (Lipinski definition) is 2. The van der Waals surface area contributed by atoms with Gasteiger partial charge in [0.15, 0.2) is 0 Å². The lowest BCUT2D eigenvalue weighted by Crippen LogP contribution is -2.35. The zero-order valence-corrected chi connectivity index (χ0v) is 12.3. The summed E-state index contributed by atoms with van der Waals surface area (Å²) in [7, 11) is 0. The van der Waals surface area contributed by atoms with Crippen molar-refractivity contribution in [2.75, 3.05) is 18.9 Å². The molecular formula is C12H17NO4S2. The number of carbonyl (C=O) groups is 2. The topological polar surface area (TPSA) is 75.6 Å². The number of thiophene rings is 1. The third-order valence-corrected chi connectivity index (χ3v) is 4.30. The van der Waals surface area contributed by atoms with E-state index in [2.05, 4.69) is 5.32 Å². The second-order valence-electron chi connectivity index (χ2n) is 3.70. The number of carboxylic acids is 1. The van der Waals surface area contributed by atoms with Crippen LogP contribution in [0.5, 0.6) is 0 Å². The van der Waals surface area contributed by atoms with Crippen molar-refractivity contribution >= 4 is 35.0 Å². The molecule has 0 radical (unpaired) electrons. The minimum atomic E-state index is -0.930.